The zero-order chi connectivity index (χ0) is 46.6. The first-order chi connectivity index (χ1) is 31.5. The number of rotatable bonds is 11. The van der Waals surface area contributed by atoms with E-state index >= 15 is 0 Å². The van der Waals surface area contributed by atoms with Crippen molar-refractivity contribution in [2.24, 2.45) is 11.8 Å². The summed E-state index contributed by atoms with van der Waals surface area (Å²) in [6.45, 7) is 9.77. The van der Waals surface area contributed by atoms with Crippen molar-refractivity contribution in [3.63, 3.8) is 0 Å². The van der Waals surface area contributed by atoms with Crippen molar-refractivity contribution in [1.82, 2.24) is 25.4 Å². The number of pyridine rings is 4. The van der Waals surface area contributed by atoms with Gasteiger partial charge < -0.3 is 9.47 Å². The second-order valence-electron chi connectivity index (χ2n) is 15.0. The van der Waals surface area contributed by atoms with E-state index < -0.39 is 0 Å². The Hall–Kier alpha value is -7.70. The molecule has 0 fully saturated rings. The van der Waals surface area contributed by atoms with Crippen LogP contribution in [0.3, 0.4) is 0 Å². The highest BCUT2D eigenvalue weighted by Crippen LogP contribution is 2.17. The molecule has 0 radical (unpaired) electrons. The molecule has 0 aliphatic carbocycles. The molecule has 1 amide bonds. The van der Waals surface area contributed by atoms with Crippen LogP contribution in [0.1, 0.15) is 62.2 Å². The summed E-state index contributed by atoms with van der Waals surface area (Å²) in [7, 11) is 0. The number of aromatic nitrogens is 4. The average molecular weight is 872 g/mol. The molecular formula is C53H53N5O7. The fourth-order valence-corrected chi connectivity index (χ4v) is 6.48. The largest absolute Gasteiger partial charge is 0.466 e. The van der Waals surface area contributed by atoms with Gasteiger partial charge in [-0.05, 0) is 75.4 Å². The van der Waals surface area contributed by atoms with Crippen molar-refractivity contribution in [1.29, 1.82) is 0 Å². The fraction of sp³-hybridized carbons (Fsp3) is 0.208. The van der Waals surface area contributed by atoms with Gasteiger partial charge in [-0.1, -0.05) is 111 Å². The maximum Gasteiger partial charge on any atom is 0.333 e. The van der Waals surface area contributed by atoms with E-state index in [9.17, 15) is 19.2 Å². The van der Waals surface area contributed by atoms with Crippen LogP contribution in [0, 0.1) is 11.8 Å². The van der Waals surface area contributed by atoms with Gasteiger partial charge in [0, 0.05) is 57.3 Å². The number of nitrogens with zero attached hydrogens (tertiary/aromatic N) is 4. The predicted molar refractivity (Wildman–Crippen MR) is 255 cm³/mol. The van der Waals surface area contributed by atoms with Crippen LogP contribution in [0.25, 0.3) is 49.7 Å². The minimum Gasteiger partial charge on any atom is -0.466 e. The molecule has 0 saturated heterocycles. The van der Waals surface area contributed by atoms with E-state index in [-0.39, 0.29) is 29.7 Å². The van der Waals surface area contributed by atoms with Gasteiger partial charge in [0.2, 0.25) is 5.91 Å². The van der Waals surface area contributed by atoms with Crippen LogP contribution in [0.5, 0.6) is 0 Å². The Morgan fingerprint density at radius 2 is 0.954 bits per heavy atom. The minimum atomic E-state index is -0.389. The van der Waals surface area contributed by atoms with Crippen molar-refractivity contribution in [3.05, 3.63) is 174 Å². The standard InChI is InChI=1S/C15H17NO2.C15H15NO2.C13H14N2O2.C10H7NO/c2*1-3-18-15(17)11(2)10-13-9-8-12-6-4-5-7-14(12)16-13;1-9(13(16)15-17)8-11-7-6-10-4-2-3-5-12(10)14-11;12-7-9-6-5-8-3-1-2-4-10(8)11-9/h4-9,11H,3,10H2,1-2H3;4-10H,3H2,1-2H3;2-7,9,17H,8H2,1H3,(H,15,16);1-7H. The van der Waals surface area contributed by atoms with Gasteiger partial charge in [-0.25, -0.2) is 20.2 Å². The molecule has 0 spiro atoms. The first kappa shape index (κ1) is 48.3. The van der Waals surface area contributed by atoms with E-state index in [1.54, 1.807) is 38.4 Å². The van der Waals surface area contributed by atoms with E-state index in [0.29, 0.717) is 37.3 Å². The van der Waals surface area contributed by atoms with Gasteiger partial charge >= 0.3 is 11.9 Å². The molecule has 0 saturated carbocycles. The van der Waals surface area contributed by atoms with Crippen LogP contribution in [-0.2, 0) is 36.7 Å². The van der Waals surface area contributed by atoms with Crippen molar-refractivity contribution >= 4 is 73.8 Å². The van der Waals surface area contributed by atoms with Crippen LogP contribution in [0.15, 0.2) is 151 Å². The van der Waals surface area contributed by atoms with Gasteiger partial charge in [-0.3, -0.25) is 29.6 Å². The maximum absolute atomic E-state index is 11.6. The molecule has 8 aromatic rings. The van der Waals surface area contributed by atoms with E-state index in [0.717, 1.165) is 67.0 Å². The van der Waals surface area contributed by atoms with Crippen molar-refractivity contribution in [3.8, 4) is 0 Å². The molecule has 332 valence electrons. The van der Waals surface area contributed by atoms with E-state index in [1.807, 2.05) is 153 Å². The summed E-state index contributed by atoms with van der Waals surface area (Å²) < 4.78 is 9.92. The highest BCUT2D eigenvalue weighted by Gasteiger charge is 2.16. The lowest BCUT2D eigenvalue weighted by atomic mass is 10.0. The number of ether oxygens (including phenoxy) is 2. The number of para-hydroxylation sites is 4. The molecule has 12 nitrogen and oxygen atoms in total. The number of aldehydes is 1. The lowest BCUT2D eigenvalue weighted by molar-refractivity contribution is -0.147. The average Bonchev–Trinajstić information content (AvgIpc) is 3.34. The van der Waals surface area contributed by atoms with Gasteiger partial charge in [0.15, 0.2) is 6.29 Å². The number of fused-ring (bicyclic) bond motifs is 4. The number of hydrogen-bond donors (Lipinski definition) is 2. The summed E-state index contributed by atoms with van der Waals surface area (Å²) in [4.78, 5) is 62.3. The Kier molecular flexibility index (Phi) is 18.5. The number of amides is 1. The molecular weight excluding hydrogens is 819 g/mol. The second kappa shape index (κ2) is 24.8. The van der Waals surface area contributed by atoms with Crippen LogP contribution in [0.2, 0.25) is 0 Å². The number of esters is 2. The smallest absolute Gasteiger partial charge is 0.333 e. The Morgan fingerprint density at radius 3 is 1.40 bits per heavy atom. The topological polar surface area (TPSA) is 171 Å². The second-order valence-corrected chi connectivity index (χ2v) is 15.0. The number of benzene rings is 4. The first-order valence-electron chi connectivity index (χ1n) is 21.3. The molecule has 65 heavy (non-hydrogen) atoms. The summed E-state index contributed by atoms with van der Waals surface area (Å²) in [6, 6.07) is 46.8. The number of carbonyl (C=O) groups is 4. The monoisotopic (exact) mass is 871 g/mol. The zero-order valence-electron chi connectivity index (χ0n) is 37.2. The van der Waals surface area contributed by atoms with Crippen molar-refractivity contribution in [2.45, 2.75) is 47.5 Å². The predicted octanol–water partition coefficient (Wildman–Crippen LogP) is 10.1. The first-order valence-corrected chi connectivity index (χ1v) is 21.3. The van der Waals surface area contributed by atoms with Gasteiger partial charge in [0.05, 0.1) is 46.9 Å². The van der Waals surface area contributed by atoms with E-state index in [4.69, 9.17) is 14.7 Å². The van der Waals surface area contributed by atoms with E-state index in [2.05, 4.69) is 19.9 Å². The molecule has 4 aromatic carbocycles. The third-order valence-corrected chi connectivity index (χ3v) is 9.91. The summed E-state index contributed by atoms with van der Waals surface area (Å²) >= 11 is 0. The lowest BCUT2D eigenvalue weighted by Crippen LogP contribution is -2.27. The number of nitrogens with one attached hydrogen (secondary N) is 1. The van der Waals surface area contributed by atoms with Crippen LogP contribution >= 0.6 is 0 Å². The molecule has 2 atom stereocenters. The SMILES string of the molecule is CC(Cc1ccc2ccccc2n1)C(=O)NO.CCOC(=O)C(C)=Cc1ccc2ccccc2n1.CCOC(=O)C(C)Cc1ccc2ccccc2n1.O=Cc1ccc2ccccc2n1. The molecule has 4 aromatic heterocycles. The third-order valence-electron chi connectivity index (χ3n) is 9.91. The summed E-state index contributed by atoms with van der Waals surface area (Å²) in [5.41, 5.74) is 8.89. The van der Waals surface area contributed by atoms with Gasteiger partial charge in [-0.15, -0.1) is 0 Å². The Labute approximate surface area is 378 Å². The molecule has 2 unspecified atom stereocenters. The van der Waals surface area contributed by atoms with Crippen LogP contribution in [-0.4, -0.2) is 62.5 Å². The number of hydroxylamine groups is 1. The summed E-state index contributed by atoms with van der Waals surface area (Å²) in [5, 5.41) is 12.9. The fourth-order valence-electron chi connectivity index (χ4n) is 6.48. The van der Waals surface area contributed by atoms with E-state index in [1.165, 1.54) is 0 Å². The number of hydrogen-bond acceptors (Lipinski definition) is 11. The molecule has 8 rings (SSSR count). The van der Waals surface area contributed by atoms with Gasteiger partial charge in [-0.2, -0.15) is 0 Å². The zero-order valence-corrected chi connectivity index (χ0v) is 37.2. The maximum atomic E-state index is 11.6. The molecule has 4 heterocycles. The quantitative estimate of drug-likeness (QED) is 0.0417. The minimum absolute atomic E-state index is 0.154. The van der Waals surface area contributed by atoms with Crippen molar-refractivity contribution < 1.29 is 33.9 Å². The Balaban J connectivity index is 0.000000164. The van der Waals surface area contributed by atoms with Crippen LogP contribution in [0.4, 0.5) is 0 Å². The highest BCUT2D eigenvalue weighted by molar-refractivity contribution is 5.93. The molecule has 12 heteroatoms. The molecule has 0 aliphatic rings. The Morgan fingerprint density at radius 1 is 0.554 bits per heavy atom. The molecule has 0 bridgehead atoms. The van der Waals surface area contributed by atoms with Gasteiger partial charge in [0.1, 0.15) is 5.69 Å². The third kappa shape index (κ3) is 14.7. The summed E-state index contributed by atoms with van der Waals surface area (Å²) in [6.07, 6.45) is 3.62. The number of carbonyl (C=O) groups excluding carboxylic acids is 4. The highest BCUT2D eigenvalue weighted by atomic mass is 16.5. The molecule has 2 N–H and O–H groups in total. The lowest BCUT2D eigenvalue weighted by Gasteiger charge is -2.10. The normalized spacial score (nSPS) is 11.7. The van der Waals surface area contributed by atoms with Crippen LogP contribution < -0.4 is 5.48 Å². The summed E-state index contributed by atoms with van der Waals surface area (Å²) in [5.74, 6) is -1.30. The van der Waals surface area contributed by atoms with Crippen molar-refractivity contribution in [2.75, 3.05) is 13.2 Å². The van der Waals surface area contributed by atoms with Gasteiger partial charge in [0.25, 0.3) is 0 Å². The Bertz CT molecular complexity index is 2900. The molecule has 0 aliphatic heterocycles.